The number of nitrogens with zero attached hydrogens (tertiary/aromatic N) is 4. The second-order valence-electron chi connectivity index (χ2n) is 6.08. The number of amides is 1. The highest BCUT2D eigenvalue weighted by atomic mass is 16.5. The molecule has 0 bridgehead atoms. The molecule has 25 heavy (non-hydrogen) atoms. The van der Waals surface area contributed by atoms with Crippen molar-refractivity contribution in [1.29, 1.82) is 0 Å². The molecule has 2 aromatic heterocycles. The van der Waals surface area contributed by atoms with Crippen LogP contribution < -0.4 is 5.32 Å². The van der Waals surface area contributed by atoms with E-state index in [1.807, 2.05) is 0 Å². The molecule has 1 saturated carbocycles. The van der Waals surface area contributed by atoms with E-state index in [1.54, 1.807) is 18.5 Å². The van der Waals surface area contributed by atoms with Gasteiger partial charge in [0.2, 0.25) is 23.4 Å². The van der Waals surface area contributed by atoms with Gasteiger partial charge in [0.1, 0.15) is 5.54 Å². The van der Waals surface area contributed by atoms with Gasteiger partial charge in [-0.1, -0.05) is 24.4 Å². The molecule has 1 amide bonds. The Morgan fingerprint density at radius 3 is 2.56 bits per heavy atom. The van der Waals surface area contributed by atoms with Gasteiger partial charge in [0.15, 0.2) is 0 Å². The number of aromatic nitrogens is 4. The monoisotopic (exact) mass is 345 g/mol. The van der Waals surface area contributed by atoms with Gasteiger partial charge >= 0.3 is 5.97 Å². The fourth-order valence-corrected chi connectivity index (χ4v) is 2.96. The Morgan fingerprint density at radius 1 is 1.16 bits per heavy atom. The molecule has 2 heterocycles. The van der Waals surface area contributed by atoms with E-state index in [0.29, 0.717) is 18.7 Å². The molecule has 0 atom stereocenters. The quantitative estimate of drug-likeness (QED) is 0.802. The first-order valence-electron chi connectivity index (χ1n) is 8.23. The topological polar surface area (TPSA) is 131 Å². The fraction of sp³-hybridized carbons (Fsp3) is 0.500. The first-order valence-corrected chi connectivity index (χ1v) is 8.23. The molecule has 0 aromatic carbocycles. The van der Waals surface area contributed by atoms with Crippen LogP contribution in [0.5, 0.6) is 0 Å². The molecule has 9 heteroatoms. The van der Waals surface area contributed by atoms with Gasteiger partial charge in [0.05, 0.1) is 0 Å². The molecular formula is C16H19N5O4. The largest absolute Gasteiger partial charge is 0.480 e. The second kappa shape index (κ2) is 7.37. The summed E-state index contributed by atoms with van der Waals surface area (Å²) in [5, 5.41) is 16.0. The second-order valence-corrected chi connectivity index (χ2v) is 6.08. The van der Waals surface area contributed by atoms with Crippen LogP contribution in [0.15, 0.2) is 23.0 Å². The van der Waals surface area contributed by atoms with E-state index in [9.17, 15) is 14.7 Å². The van der Waals surface area contributed by atoms with Crippen LogP contribution in [-0.4, -0.2) is 42.6 Å². The number of hydrogen-bond donors (Lipinski definition) is 2. The number of nitrogens with one attached hydrogen (secondary N) is 1. The summed E-state index contributed by atoms with van der Waals surface area (Å²) >= 11 is 0. The maximum atomic E-state index is 12.2. The van der Waals surface area contributed by atoms with E-state index in [2.05, 4.69) is 25.4 Å². The van der Waals surface area contributed by atoms with Crippen molar-refractivity contribution < 1.29 is 19.2 Å². The molecule has 9 nitrogen and oxygen atoms in total. The third kappa shape index (κ3) is 3.98. The average molecular weight is 345 g/mol. The van der Waals surface area contributed by atoms with Crippen molar-refractivity contribution in [1.82, 2.24) is 25.4 Å². The molecule has 0 spiro atoms. The van der Waals surface area contributed by atoms with Crippen LogP contribution in [0.25, 0.3) is 11.6 Å². The molecule has 132 valence electrons. The predicted octanol–water partition coefficient (Wildman–Crippen LogP) is 1.36. The zero-order valence-corrected chi connectivity index (χ0v) is 13.6. The van der Waals surface area contributed by atoms with E-state index in [-0.39, 0.29) is 30.5 Å². The van der Waals surface area contributed by atoms with Gasteiger partial charge < -0.3 is 14.9 Å². The maximum Gasteiger partial charge on any atom is 0.329 e. The summed E-state index contributed by atoms with van der Waals surface area (Å²) in [6, 6.07) is 1.68. The Hall–Kier alpha value is -2.84. The number of rotatable bonds is 6. The minimum absolute atomic E-state index is 0.0757. The zero-order valence-electron chi connectivity index (χ0n) is 13.6. The van der Waals surface area contributed by atoms with Crippen LogP contribution in [0.2, 0.25) is 0 Å². The van der Waals surface area contributed by atoms with Crippen LogP contribution in [0.4, 0.5) is 0 Å². The van der Waals surface area contributed by atoms with Gasteiger partial charge in [-0.2, -0.15) is 4.98 Å². The molecule has 1 fully saturated rings. The maximum absolute atomic E-state index is 12.2. The van der Waals surface area contributed by atoms with Gasteiger partial charge in [0.25, 0.3) is 0 Å². The van der Waals surface area contributed by atoms with E-state index >= 15 is 0 Å². The molecule has 1 aliphatic rings. The molecule has 0 unspecified atom stereocenters. The Kier molecular flexibility index (Phi) is 5.01. The summed E-state index contributed by atoms with van der Waals surface area (Å²) in [6.45, 7) is 0. The standard InChI is InChI=1S/C16H19N5O4/c22-11(20-16(15(23)24)7-2-1-3-8-16)5-6-12-19-14(21-25-12)13-17-9-4-10-18-13/h4,9-10H,1-3,5-8H2,(H,20,22)(H,23,24). The number of hydrogen-bond acceptors (Lipinski definition) is 7. The van der Waals surface area contributed by atoms with E-state index in [0.717, 1.165) is 19.3 Å². The first kappa shape index (κ1) is 17.0. The third-order valence-electron chi connectivity index (χ3n) is 4.29. The summed E-state index contributed by atoms with van der Waals surface area (Å²) in [4.78, 5) is 36.0. The lowest BCUT2D eigenvalue weighted by atomic mass is 9.81. The smallest absolute Gasteiger partial charge is 0.329 e. The van der Waals surface area contributed by atoms with Gasteiger partial charge in [-0.3, -0.25) is 4.79 Å². The van der Waals surface area contributed by atoms with Crippen molar-refractivity contribution in [2.24, 2.45) is 0 Å². The van der Waals surface area contributed by atoms with Crippen LogP contribution in [0.3, 0.4) is 0 Å². The summed E-state index contributed by atoms with van der Waals surface area (Å²) in [5.41, 5.74) is -1.15. The van der Waals surface area contributed by atoms with Crippen LogP contribution in [0, 0.1) is 0 Å². The van der Waals surface area contributed by atoms with Crippen molar-refractivity contribution in [3.63, 3.8) is 0 Å². The van der Waals surface area contributed by atoms with Gasteiger partial charge in [-0.25, -0.2) is 14.8 Å². The van der Waals surface area contributed by atoms with E-state index in [4.69, 9.17) is 4.52 Å². The van der Waals surface area contributed by atoms with Crippen molar-refractivity contribution in [3.05, 3.63) is 24.4 Å². The predicted molar refractivity (Wildman–Crippen MR) is 85.2 cm³/mol. The van der Waals surface area contributed by atoms with Crippen molar-refractivity contribution in [2.45, 2.75) is 50.5 Å². The Balaban J connectivity index is 1.57. The minimum atomic E-state index is -1.15. The molecule has 3 rings (SSSR count). The van der Waals surface area contributed by atoms with Crippen LogP contribution in [-0.2, 0) is 16.0 Å². The normalized spacial score (nSPS) is 16.3. The minimum Gasteiger partial charge on any atom is -0.480 e. The lowest BCUT2D eigenvalue weighted by Crippen LogP contribution is -2.55. The molecule has 0 radical (unpaired) electrons. The molecule has 2 N–H and O–H groups in total. The number of aliphatic carboxylic acids is 1. The van der Waals surface area contributed by atoms with Crippen molar-refractivity contribution in [3.8, 4) is 11.6 Å². The van der Waals surface area contributed by atoms with Gasteiger partial charge in [0, 0.05) is 25.2 Å². The highest BCUT2D eigenvalue weighted by Gasteiger charge is 2.40. The number of carboxylic acid groups (broad SMARTS) is 1. The third-order valence-corrected chi connectivity index (χ3v) is 4.29. The summed E-state index contributed by atoms with van der Waals surface area (Å²) in [7, 11) is 0. The van der Waals surface area contributed by atoms with Gasteiger partial charge in [-0.15, -0.1) is 0 Å². The van der Waals surface area contributed by atoms with E-state index in [1.165, 1.54) is 0 Å². The zero-order chi connectivity index (χ0) is 17.7. The highest BCUT2D eigenvalue weighted by molar-refractivity contribution is 5.87. The summed E-state index contributed by atoms with van der Waals surface area (Å²) in [6.07, 6.45) is 6.97. The molecule has 0 aliphatic heterocycles. The fourth-order valence-electron chi connectivity index (χ4n) is 2.96. The van der Waals surface area contributed by atoms with E-state index < -0.39 is 11.5 Å². The highest BCUT2D eigenvalue weighted by Crippen LogP contribution is 2.28. The lowest BCUT2D eigenvalue weighted by molar-refractivity contribution is -0.149. The molecule has 1 aliphatic carbocycles. The SMILES string of the molecule is O=C(CCc1nc(-c2ncccn2)no1)NC1(C(=O)O)CCCCC1. The molecule has 0 saturated heterocycles. The Morgan fingerprint density at radius 2 is 1.88 bits per heavy atom. The summed E-state index contributed by atoms with van der Waals surface area (Å²) in [5.74, 6) is -0.424. The number of carbonyl (C=O) groups is 2. The van der Waals surface area contributed by atoms with Crippen molar-refractivity contribution in [2.75, 3.05) is 0 Å². The number of carbonyl (C=O) groups excluding carboxylic acids is 1. The molecule has 2 aromatic rings. The Bertz CT molecular complexity index is 740. The Labute approximate surface area is 143 Å². The lowest BCUT2D eigenvalue weighted by Gasteiger charge is -2.33. The number of aryl methyl sites for hydroxylation is 1. The summed E-state index contributed by atoms with van der Waals surface area (Å²) < 4.78 is 5.09. The van der Waals surface area contributed by atoms with Crippen molar-refractivity contribution >= 4 is 11.9 Å². The van der Waals surface area contributed by atoms with Gasteiger partial charge in [-0.05, 0) is 18.9 Å². The molecular weight excluding hydrogens is 326 g/mol. The number of carboxylic acids is 1. The average Bonchev–Trinajstić information content (AvgIpc) is 3.10. The first-order chi connectivity index (χ1) is 12.1. The van der Waals surface area contributed by atoms with Crippen LogP contribution in [0.1, 0.15) is 44.4 Å². The van der Waals surface area contributed by atoms with Crippen LogP contribution >= 0.6 is 0 Å².